The van der Waals surface area contributed by atoms with Crippen molar-refractivity contribution in [3.63, 3.8) is 0 Å². The molecule has 1 aromatic heterocycles. The Hall–Kier alpha value is -1.76. The summed E-state index contributed by atoms with van der Waals surface area (Å²) >= 11 is 0. The number of esters is 1. The molecule has 0 radical (unpaired) electrons. The van der Waals surface area contributed by atoms with Gasteiger partial charge in [-0.25, -0.2) is 4.79 Å². The van der Waals surface area contributed by atoms with E-state index in [1.807, 2.05) is 0 Å². The third kappa shape index (κ3) is 7.68. The Balaban J connectivity index is 2.19. The highest BCUT2D eigenvalue weighted by atomic mass is 16.5. The molecule has 1 aromatic rings. The first-order valence-electron chi connectivity index (χ1n) is 9.52. The molecular formula is C20H32N2O2. The molecule has 0 aliphatic heterocycles. The van der Waals surface area contributed by atoms with Crippen LogP contribution in [-0.2, 0) is 11.2 Å². The maximum Gasteiger partial charge on any atom is 0.356 e. The van der Waals surface area contributed by atoms with E-state index in [9.17, 15) is 4.79 Å². The first-order chi connectivity index (χ1) is 11.7. The predicted molar refractivity (Wildman–Crippen MR) is 97.0 cm³/mol. The molecule has 1 rings (SSSR count). The van der Waals surface area contributed by atoms with E-state index in [1.165, 1.54) is 57.8 Å². The number of aromatic nitrogens is 1. The van der Waals surface area contributed by atoms with Gasteiger partial charge in [0, 0.05) is 5.69 Å². The second-order valence-electron chi connectivity index (χ2n) is 6.35. The summed E-state index contributed by atoms with van der Waals surface area (Å²) in [6, 6.07) is 3.84. The first-order valence-corrected chi connectivity index (χ1v) is 9.52. The fourth-order valence-electron chi connectivity index (χ4n) is 2.90. The fraction of sp³-hybridized carbons (Fsp3) is 0.700. The molecule has 134 valence electrons. The molecular weight excluding hydrogens is 300 g/mol. The molecule has 24 heavy (non-hydrogen) atoms. The molecule has 0 amide bonds. The highest BCUT2D eigenvalue weighted by molar-refractivity contribution is 5.90. The van der Waals surface area contributed by atoms with E-state index < -0.39 is 5.97 Å². The largest absolute Gasteiger partial charge is 0.461 e. The standard InChI is InChI=1S/C20H32N2O2/c1-3-5-6-7-8-9-10-11-12-13-14-18-15-17(16-21)19(22-18)20(23)24-4-2/h15,22H,3-14H2,1-2H3. The zero-order chi connectivity index (χ0) is 17.6. The Morgan fingerprint density at radius 1 is 1.04 bits per heavy atom. The Kier molecular flexibility index (Phi) is 10.7. The highest BCUT2D eigenvalue weighted by Crippen LogP contribution is 2.15. The number of aromatic amines is 1. The van der Waals surface area contributed by atoms with Crippen LogP contribution >= 0.6 is 0 Å². The van der Waals surface area contributed by atoms with Gasteiger partial charge in [-0.3, -0.25) is 0 Å². The number of carbonyl (C=O) groups is 1. The summed E-state index contributed by atoms with van der Waals surface area (Å²) in [6.07, 6.45) is 13.9. The molecule has 0 fully saturated rings. The van der Waals surface area contributed by atoms with E-state index >= 15 is 0 Å². The lowest BCUT2D eigenvalue weighted by molar-refractivity contribution is 0.0519. The number of H-pyrrole nitrogens is 1. The van der Waals surface area contributed by atoms with Gasteiger partial charge in [0.2, 0.25) is 0 Å². The van der Waals surface area contributed by atoms with Gasteiger partial charge >= 0.3 is 5.97 Å². The minimum Gasteiger partial charge on any atom is -0.461 e. The molecule has 1 heterocycles. The quantitative estimate of drug-likeness (QED) is 0.381. The molecule has 0 saturated heterocycles. The van der Waals surface area contributed by atoms with Crippen molar-refractivity contribution in [2.24, 2.45) is 0 Å². The molecule has 0 aromatic carbocycles. The summed E-state index contributed by atoms with van der Waals surface area (Å²) in [5, 5.41) is 9.12. The zero-order valence-corrected chi connectivity index (χ0v) is 15.3. The van der Waals surface area contributed by atoms with E-state index in [4.69, 9.17) is 10.00 Å². The average molecular weight is 332 g/mol. The molecule has 0 aliphatic rings. The van der Waals surface area contributed by atoms with Crippen molar-refractivity contribution in [2.75, 3.05) is 6.61 Å². The van der Waals surface area contributed by atoms with Crippen molar-refractivity contribution < 1.29 is 9.53 Å². The number of unbranched alkanes of at least 4 members (excludes halogenated alkanes) is 9. The molecule has 4 nitrogen and oxygen atoms in total. The van der Waals surface area contributed by atoms with Gasteiger partial charge in [-0.05, 0) is 25.8 Å². The van der Waals surface area contributed by atoms with Gasteiger partial charge in [0.1, 0.15) is 11.8 Å². The number of nitriles is 1. The summed E-state index contributed by atoms with van der Waals surface area (Å²) in [5.41, 5.74) is 1.63. The van der Waals surface area contributed by atoms with Gasteiger partial charge in [-0.2, -0.15) is 5.26 Å². The number of ether oxygens (including phenoxy) is 1. The van der Waals surface area contributed by atoms with Gasteiger partial charge in [0.25, 0.3) is 0 Å². The van der Waals surface area contributed by atoms with Crippen LogP contribution in [0.4, 0.5) is 0 Å². The smallest absolute Gasteiger partial charge is 0.356 e. The lowest BCUT2D eigenvalue weighted by atomic mass is 10.1. The summed E-state index contributed by atoms with van der Waals surface area (Å²) < 4.78 is 4.97. The second kappa shape index (κ2) is 12.6. The van der Waals surface area contributed by atoms with E-state index in [-0.39, 0.29) is 0 Å². The van der Waals surface area contributed by atoms with Crippen molar-refractivity contribution >= 4 is 5.97 Å². The van der Waals surface area contributed by atoms with Crippen molar-refractivity contribution in [3.8, 4) is 6.07 Å². The van der Waals surface area contributed by atoms with Gasteiger partial charge < -0.3 is 9.72 Å². The van der Waals surface area contributed by atoms with Gasteiger partial charge in [0.15, 0.2) is 0 Å². The molecule has 0 spiro atoms. The topological polar surface area (TPSA) is 65.9 Å². The molecule has 0 aliphatic carbocycles. The number of nitrogens with one attached hydrogen (secondary N) is 1. The number of hydrogen-bond donors (Lipinski definition) is 1. The van der Waals surface area contributed by atoms with E-state index in [1.54, 1.807) is 13.0 Å². The van der Waals surface area contributed by atoms with Crippen LogP contribution in [0.5, 0.6) is 0 Å². The lowest BCUT2D eigenvalue weighted by Crippen LogP contribution is -2.07. The van der Waals surface area contributed by atoms with Crippen LogP contribution in [0.2, 0.25) is 0 Å². The monoisotopic (exact) mass is 332 g/mol. The molecule has 4 heteroatoms. The zero-order valence-electron chi connectivity index (χ0n) is 15.3. The minimum absolute atomic E-state index is 0.293. The van der Waals surface area contributed by atoms with E-state index in [0.29, 0.717) is 17.9 Å². The number of carbonyl (C=O) groups excluding carboxylic acids is 1. The third-order valence-electron chi connectivity index (χ3n) is 4.27. The average Bonchev–Trinajstić information content (AvgIpc) is 3.00. The van der Waals surface area contributed by atoms with Gasteiger partial charge in [-0.15, -0.1) is 0 Å². The molecule has 1 N–H and O–H groups in total. The highest BCUT2D eigenvalue weighted by Gasteiger charge is 2.16. The maximum atomic E-state index is 11.8. The van der Waals surface area contributed by atoms with Crippen molar-refractivity contribution in [1.29, 1.82) is 5.26 Å². The fourth-order valence-corrected chi connectivity index (χ4v) is 2.90. The van der Waals surface area contributed by atoms with Crippen molar-refractivity contribution in [3.05, 3.63) is 23.0 Å². The van der Waals surface area contributed by atoms with Crippen molar-refractivity contribution in [2.45, 2.75) is 84.5 Å². The molecule has 0 atom stereocenters. The Labute approximate surface area is 146 Å². The lowest BCUT2D eigenvalue weighted by Gasteiger charge is -2.02. The van der Waals surface area contributed by atoms with E-state index in [0.717, 1.165) is 18.5 Å². The maximum absolute atomic E-state index is 11.8. The van der Waals surface area contributed by atoms with Crippen LogP contribution in [0.25, 0.3) is 0 Å². The summed E-state index contributed by atoms with van der Waals surface area (Å²) in [6.45, 7) is 4.33. The summed E-state index contributed by atoms with van der Waals surface area (Å²) in [7, 11) is 0. The van der Waals surface area contributed by atoms with Crippen LogP contribution in [0.1, 0.15) is 99.8 Å². The van der Waals surface area contributed by atoms with Crippen molar-refractivity contribution in [1.82, 2.24) is 4.98 Å². The van der Waals surface area contributed by atoms with Crippen LogP contribution in [0.3, 0.4) is 0 Å². The first kappa shape index (κ1) is 20.3. The number of rotatable bonds is 13. The Bertz CT molecular complexity index is 514. The van der Waals surface area contributed by atoms with Gasteiger partial charge in [-0.1, -0.05) is 64.7 Å². The normalized spacial score (nSPS) is 10.5. The molecule has 0 unspecified atom stereocenters. The number of nitrogens with zero attached hydrogens (tertiary/aromatic N) is 1. The summed E-state index contributed by atoms with van der Waals surface area (Å²) in [4.78, 5) is 14.8. The molecule has 0 bridgehead atoms. The van der Waals surface area contributed by atoms with Crippen LogP contribution < -0.4 is 0 Å². The SMILES string of the molecule is CCCCCCCCCCCCc1cc(C#N)c(C(=O)OCC)[nH]1. The van der Waals surface area contributed by atoms with E-state index in [2.05, 4.69) is 18.0 Å². The predicted octanol–water partition coefficient (Wildman–Crippen LogP) is 5.53. The second-order valence-corrected chi connectivity index (χ2v) is 6.35. The molecule has 0 saturated carbocycles. The third-order valence-corrected chi connectivity index (χ3v) is 4.27. The minimum atomic E-state index is -0.441. The Morgan fingerprint density at radius 2 is 1.62 bits per heavy atom. The number of hydrogen-bond acceptors (Lipinski definition) is 3. The van der Waals surface area contributed by atoms with Crippen LogP contribution in [0.15, 0.2) is 6.07 Å². The van der Waals surface area contributed by atoms with Crippen LogP contribution in [-0.4, -0.2) is 17.6 Å². The Morgan fingerprint density at radius 3 is 2.17 bits per heavy atom. The van der Waals surface area contributed by atoms with Crippen LogP contribution in [0, 0.1) is 11.3 Å². The summed E-state index contributed by atoms with van der Waals surface area (Å²) in [5.74, 6) is -0.441. The number of aryl methyl sites for hydroxylation is 1. The van der Waals surface area contributed by atoms with Gasteiger partial charge in [0.05, 0.1) is 12.2 Å².